The number of aryl methyl sites for hydroxylation is 1. The van der Waals surface area contributed by atoms with Crippen molar-refractivity contribution in [1.82, 2.24) is 9.97 Å². The number of rotatable bonds is 5. The van der Waals surface area contributed by atoms with Crippen LogP contribution >= 0.6 is 22.9 Å². The van der Waals surface area contributed by atoms with Gasteiger partial charge in [0.1, 0.15) is 10.8 Å². The molecular weight excluding hydrogens is 286 g/mol. The molecule has 0 saturated carbocycles. The highest BCUT2D eigenvalue weighted by atomic mass is 35.5. The van der Waals surface area contributed by atoms with Crippen LogP contribution in [0.1, 0.15) is 27.2 Å². The van der Waals surface area contributed by atoms with E-state index >= 15 is 0 Å². The molecule has 0 unspecified atom stereocenters. The summed E-state index contributed by atoms with van der Waals surface area (Å²) in [5, 5.41) is 13.1. The summed E-state index contributed by atoms with van der Waals surface area (Å²) in [5.41, 5.74) is 0.0348. The molecule has 7 heteroatoms. The zero-order valence-corrected chi connectivity index (χ0v) is 11.8. The van der Waals surface area contributed by atoms with Gasteiger partial charge in [-0.15, -0.1) is 11.3 Å². The summed E-state index contributed by atoms with van der Waals surface area (Å²) in [7, 11) is 0. The molecule has 0 amide bonds. The second-order valence-electron chi connectivity index (χ2n) is 3.78. The van der Waals surface area contributed by atoms with Crippen LogP contribution < -0.4 is 5.32 Å². The Hall–Kier alpha value is -1.66. The van der Waals surface area contributed by atoms with E-state index in [9.17, 15) is 4.79 Å². The van der Waals surface area contributed by atoms with E-state index in [1.165, 1.54) is 17.1 Å². The molecule has 0 fully saturated rings. The van der Waals surface area contributed by atoms with Crippen LogP contribution in [0.15, 0.2) is 18.5 Å². The van der Waals surface area contributed by atoms with Crippen molar-refractivity contribution in [1.29, 1.82) is 0 Å². The zero-order valence-electron chi connectivity index (χ0n) is 10.2. The van der Waals surface area contributed by atoms with Crippen LogP contribution in [0.3, 0.4) is 0 Å². The lowest BCUT2D eigenvalue weighted by Gasteiger charge is -2.05. The van der Waals surface area contributed by atoms with E-state index in [0.29, 0.717) is 12.4 Å². The standard InChI is InChI=1S/C12H12ClN3O2S/c1-2-7-4-16-11(19-7)6-15-10-3-8(12(17)18)9(13)5-14-10/h3-5H,2,6H2,1H3,(H,14,15)(H,17,18). The van der Waals surface area contributed by atoms with Gasteiger partial charge in [-0.1, -0.05) is 18.5 Å². The molecule has 0 atom stereocenters. The van der Waals surface area contributed by atoms with E-state index in [1.807, 2.05) is 6.20 Å². The number of nitrogens with zero attached hydrogens (tertiary/aromatic N) is 2. The number of anilines is 1. The van der Waals surface area contributed by atoms with E-state index in [0.717, 1.165) is 11.4 Å². The highest BCUT2D eigenvalue weighted by Crippen LogP contribution is 2.19. The number of nitrogens with one attached hydrogen (secondary N) is 1. The Morgan fingerprint density at radius 2 is 2.26 bits per heavy atom. The Bertz CT molecular complexity index is 600. The van der Waals surface area contributed by atoms with Gasteiger partial charge in [-0.05, 0) is 12.5 Å². The van der Waals surface area contributed by atoms with E-state index in [-0.39, 0.29) is 10.6 Å². The normalized spacial score (nSPS) is 10.4. The average molecular weight is 298 g/mol. The maximum Gasteiger partial charge on any atom is 0.337 e. The number of pyridine rings is 1. The van der Waals surface area contributed by atoms with Crippen LogP contribution in [-0.2, 0) is 13.0 Å². The molecule has 2 aromatic heterocycles. The number of hydrogen-bond donors (Lipinski definition) is 2. The quantitative estimate of drug-likeness (QED) is 0.887. The molecule has 19 heavy (non-hydrogen) atoms. The third kappa shape index (κ3) is 3.42. The first kappa shape index (κ1) is 13.8. The van der Waals surface area contributed by atoms with Gasteiger partial charge in [0.2, 0.25) is 0 Å². The molecule has 0 radical (unpaired) electrons. The summed E-state index contributed by atoms with van der Waals surface area (Å²) < 4.78 is 0. The van der Waals surface area contributed by atoms with Gasteiger partial charge in [-0.3, -0.25) is 0 Å². The minimum absolute atomic E-state index is 0.0348. The highest BCUT2D eigenvalue weighted by molar-refractivity contribution is 7.11. The largest absolute Gasteiger partial charge is 0.478 e. The summed E-state index contributed by atoms with van der Waals surface area (Å²) in [6, 6.07) is 1.42. The first-order chi connectivity index (χ1) is 9.10. The second kappa shape index (κ2) is 5.99. The molecular formula is C12H12ClN3O2S. The van der Waals surface area contributed by atoms with Gasteiger partial charge < -0.3 is 10.4 Å². The number of halogens is 1. The number of hydrogen-bond acceptors (Lipinski definition) is 5. The van der Waals surface area contributed by atoms with Crippen molar-refractivity contribution in [2.75, 3.05) is 5.32 Å². The summed E-state index contributed by atoms with van der Waals surface area (Å²) >= 11 is 7.37. The van der Waals surface area contributed by atoms with Crippen LogP contribution in [0, 0.1) is 0 Å². The van der Waals surface area contributed by atoms with E-state index in [1.54, 1.807) is 11.3 Å². The van der Waals surface area contributed by atoms with Crippen molar-refractivity contribution in [3.63, 3.8) is 0 Å². The number of carboxylic acids is 1. The molecule has 0 aromatic carbocycles. The molecule has 5 nitrogen and oxygen atoms in total. The highest BCUT2D eigenvalue weighted by Gasteiger charge is 2.10. The molecule has 0 aliphatic rings. The maximum atomic E-state index is 10.9. The van der Waals surface area contributed by atoms with Crippen LogP contribution in [0.5, 0.6) is 0 Å². The van der Waals surface area contributed by atoms with Gasteiger partial charge in [0, 0.05) is 17.3 Å². The zero-order chi connectivity index (χ0) is 13.8. The summed E-state index contributed by atoms with van der Waals surface area (Å²) in [6.45, 7) is 2.59. The minimum atomic E-state index is -1.07. The van der Waals surface area contributed by atoms with Gasteiger partial charge >= 0.3 is 5.97 Å². The Balaban J connectivity index is 2.07. The smallest absolute Gasteiger partial charge is 0.337 e. The van der Waals surface area contributed by atoms with Crippen molar-refractivity contribution in [2.24, 2.45) is 0 Å². The fourth-order valence-electron chi connectivity index (χ4n) is 1.46. The molecule has 2 heterocycles. The Morgan fingerprint density at radius 1 is 1.47 bits per heavy atom. The van der Waals surface area contributed by atoms with E-state index < -0.39 is 5.97 Å². The van der Waals surface area contributed by atoms with E-state index in [2.05, 4.69) is 22.2 Å². The van der Waals surface area contributed by atoms with Gasteiger partial charge in [-0.25, -0.2) is 14.8 Å². The third-order valence-electron chi connectivity index (χ3n) is 2.46. The predicted octanol–water partition coefficient (Wildman–Crippen LogP) is 3.06. The molecule has 0 aliphatic carbocycles. The number of aromatic nitrogens is 2. The Morgan fingerprint density at radius 3 is 2.89 bits per heavy atom. The summed E-state index contributed by atoms with van der Waals surface area (Å²) in [6.07, 6.45) is 4.13. The molecule has 2 rings (SSSR count). The fourth-order valence-corrected chi connectivity index (χ4v) is 2.44. The number of carboxylic acid groups (broad SMARTS) is 1. The first-order valence-electron chi connectivity index (χ1n) is 5.66. The van der Waals surface area contributed by atoms with Crippen molar-refractivity contribution in [2.45, 2.75) is 19.9 Å². The molecule has 100 valence electrons. The van der Waals surface area contributed by atoms with Crippen LogP contribution in [-0.4, -0.2) is 21.0 Å². The minimum Gasteiger partial charge on any atom is -0.478 e. The molecule has 2 aromatic rings. The monoisotopic (exact) mass is 297 g/mol. The van der Waals surface area contributed by atoms with Gasteiger partial charge in [-0.2, -0.15) is 0 Å². The van der Waals surface area contributed by atoms with Gasteiger partial charge in [0.05, 0.1) is 17.1 Å². The second-order valence-corrected chi connectivity index (χ2v) is 5.39. The number of carbonyl (C=O) groups is 1. The fraction of sp³-hybridized carbons (Fsp3) is 0.250. The molecule has 0 saturated heterocycles. The molecule has 2 N–H and O–H groups in total. The topological polar surface area (TPSA) is 75.1 Å². The van der Waals surface area contributed by atoms with Crippen molar-refractivity contribution in [3.8, 4) is 0 Å². The molecule has 0 bridgehead atoms. The van der Waals surface area contributed by atoms with Gasteiger partial charge in [0.15, 0.2) is 0 Å². The summed E-state index contributed by atoms with van der Waals surface area (Å²) in [5.74, 6) is -0.604. The van der Waals surface area contributed by atoms with Crippen molar-refractivity contribution in [3.05, 3.63) is 38.9 Å². The summed E-state index contributed by atoms with van der Waals surface area (Å²) in [4.78, 5) is 20.5. The van der Waals surface area contributed by atoms with E-state index in [4.69, 9.17) is 16.7 Å². The lowest BCUT2D eigenvalue weighted by molar-refractivity contribution is 0.0697. The Kier molecular flexibility index (Phi) is 4.34. The van der Waals surface area contributed by atoms with Crippen LogP contribution in [0.2, 0.25) is 5.02 Å². The maximum absolute atomic E-state index is 10.9. The Labute approximate surface area is 119 Å². The average Bonchev–Trinajstić information content (AvgIpc) is 2.85. The van der Waals surface area contributed by atoms with Crippen LogP contribution in [0.4, 0.5) is 5.82 Å². The predicted molar refractivity (Wildman–Crippen MR) is 75.0 cm³/mol. The van der Waals surface area contributed by atoms with Crippen LogP contribution in [0.25, 0.3) is 0 Å². The van der Waals surface area contributed by atoms with Gasteiger partial charge in [0.25, 0.3) is 0 Å². The molecule has 0 aliphatic heterocycles. The van der Waals surface area contributed by atoms with Crippen molar-refractivity contribution >= 4 is 34.7 Å². The number of aromatic carboxylic acids is 1. The molecule has 0 spiro atoms. The third-order valence-corrected chi connectivity index (χ3v) is 3.90. The lowest BCUT2D eigenvalue weighted by Crippen LogP contribution is -2.04. The first-order valence-corrected chi connectivity index (χ1v) is 6.86. The van der Waals surface area contributed by atoms with Crippen molar-refractivity contribution < 1.29 is 9.90 Å². The number of thiazole rings is 1. The SMILES string of the molecule is CCc1cnc(CNc2cc(C(=O)O)c(Cl)cn2)s1. The lowest BCUT2D eigenvalue weighted by atomic mass is 10.2.